The van der Waals surface area contributed by atoms with Crippen molar-refractivity contribution >= 4 is 29.4 Å². The molecule has 5 nitrogen and oxygen atoms in total. The molecule has 0 spiro atoms. The molecule has 1 aromatic carbocycles. The number of hydrogen-bond donors (Lipinski definition) is 1. The van der Waals surface area contributed by atoms with Crippen LogP contribution in [0.1, 0.15) is 20.8 Å². The zero-order valence-corrected chi connectivity index (χ0v) is 14.2. The normalized spacial score (nSPS) is 11.1. The Labute approximate surface area is 131 Å². The summed E-state index contributed by atoms with van der Waals surface area (Å²) in [5.41, 5.74) is 7.03. The fourth-order valence-electron chi connectivity index (χ4n) is 1.64. The first-order valence-electron chi connectivity index (χ1n) is 6.84. The number of hydrogen-bond acceptors (Lipinski definition) is 5. The number of likely N-dealkylation sites (N-methyl/N-ethyl adjacent to an activating group) is 1. The van der Waals surface area contributed by atoms with Gasteiger partial charge in [0.05, 0.1) is 0 Å². The van der Waals surface area contributed by atoms with E-state index in [1.807, 2.05) is 51.3 Å². The Morgan fingerprint density at radius 1 is 1.24 bits per heavy atom. The summed E-state index contributed by atoms with van der Waals surface area (Å²) in [6.07, 6.45) is 1.70. The topological polar surface area (TPSA) is 58.8 Å². The molecule has 118 valence electrons. The van der Waals surface area contributed by atoms with Gasteiger partial charge in [-0.25, -0.2) is 4.79 Å². The van der Waals surface area contributed by atoms with E-state index in [2.05, 4.69) is 4.31 Å². The number of benzene rings is 1. The molecular weight excluding hydrogens is 286 g/mol. The molecule has 0 unspecified atom stereocenters. The van der Waals surface area contributed by atoms with Crippen LogP contribution in [0.4, 0.5) is 16.2 Å². The number of nitrogen functional groups attached to an aromatic ring is 1. The summed E-state index contributed by atoms with van der Waals surface area (Å²) in [7, 11) is 1.75. The number of nitrogens with two attached hydrogens (primary N) is 1. The highest BCUT2D eigenvalue weighted by Gasteiger charge is 2.19. The zero-order valence-electron chi connectivity index (χ0n) is 13.4. The third-order valence-corrected chi connectivity index (χ3v) is 3.58. The van der Waals surface area contributed by atoms with Crippen LogP contribution in [0.2, 0.25) is 0 Å². The van der Waals surface area contributed by atoms with Crippen LogP contribution >= 0.6 is 11.9 Å². The maximum absolute atomic E-state index is 11.9. The third kappa shape index (κ3) is 6.16. The predicted molar refractivity (Wildman–Crippen MR) is 90.6 cm³/mol. The summed E-state index contributed by atoms with van der Waals surface area (Å²) in [4.78, 5) is 13.5. The molecule has 0 heterocycles. The van der Waals surface area contributed by atoms with Gasteiger partial charge in [-0.1, -0.05) is 11.9 Å². The van der Waals surface area contributed by atoms with Gasteiger partial charge in [0.25, 0.3) is 0 Å². The molecule has 0 aromatic heterocycles. The monoisotopic (exact) mass is 311 g/mol. The largest absolute Gasteiger partial charge is 0.444 e. The molecule has 0 aliphatic rings. The molecule has 1 rings (SSSR count). The fourth-order valence-corrected chi connectivity index (χ4v) is 2.24. The van der Waals surface area contributed by atoms with E-state index >= 15 is 0 Å². The number of rotatable bonds is 5. The number of carbonyl (C=O) groups is 1. The average molecular weight is 311 g/mol. The van der Waals surface area contributed by atoms with Crippen molar-refractivity contribution in [1.82, 2.24) is 4.90 Å². The SMILES string of the molecule is CSN(CCN(C)C(=O)OC(C)(C)C)c1ccc(N)cc1. The second-order valence-corrected chi connectivity index (χ2v) is 6.58. The summed E-state index contributed by atoms with van der Waals surface area (Å²) < 4.78 is 7.44. The molecule has 0 aliphatic heterocycles. The zero-order chi connectivity index (χ0) is 16.0. The molecule has 1 amide bonds. The van der Waals surface area contributed by atoms with E-state index < -0.39 is 5.60 Å². The van der Waals surface area contributed by atoms with Gasteiger partial charge in [0.1, 0.15) is 5.60 Å². The van der Waals surface area contributed by atoms with Gasteiger partial charge in [-0.3, -0.25) is 0 Å². The molecule has 0 radical (unpaired) electrons. The highest BCUT2D eigenvalue weighted by atomic mass is 32.2. The van der Waals surface area contributed by atoms with Gasteiger partial charge in [-0.15, -0.1) is 0 Å². The fraction of sp³-hybridized carbons (Fsp3) is 0.533. The van der Waals surface area contributed by atoms with E-state index in [4.69, 9.17) is 10.5 Å². The highest BCUT2D eigenvalue weighted by Crippen LogP contribution is 2.21. The standard InChI is InChI=1S/C15H25N3O2S/c1-15(2,3)20-14(19)17(4)10-11-18(21-5)13-8-6-12(16)7-9-13/h6-9H,10-11,16H2,1-5H3. The van der Waals surface area contributed by atoms with Gasteiger partial charge >= 0.3 is 6.09 Å². The van der Waals surface area contributed by atoms with Gasteiger partial charge in [0.2, 0.25) is 0 Å². The first kappa shape index (κ1) is 17.5. The predicted octanol–water partition coefficient (Wildman–Crippen LogP) is 3.22. The third-order valence-electron chi connectivity index (χ3n) is 2.75. The van der Waals surface area contributed by atoms with E-state index in [9.17, 15) is 4.79 Å². The lowest BCUT2D eigenvalue weighted by molar-refractivity contribution is 0.0304. The number of nitrogens with zero attached hydrogens (tertiary/aromatic N) is 2. The van der Waals surface area contributed by atoms with Gasteiger partial charge in [0.15, 0.2) is 0 Å². The smallest absolute Gasteiger partial charge is 0.410 e. The molecule has 21 heavy (non-hydrogen) atoms. The van der Waals surface area contributed by atoms with Crippen molar-refractivity contribution in [2.75, 3.05) is 36.4 Å². The molecule has 2 N–H and O–H groups in total. The molecule has 0 atom stereocenters. The molecule has 0 aliphatic carbocycles. The molecule has 0 fully saturated rings. The van der Waals surface area contributed by atoms with Crippen LogP contribution in [0.15, 0.2) is 24.3 Å². The Bertz CT molecular complexity index is 457. The van der Waals surface area contributed by atoms with Gasteiger partial charge in [-0.2, -0.15) is 0 Å². The van der Waals surface area contributed by atoms with Crippen molar-refractivity contribution in [2.45, 2.75) is 26.4 Å². The molecular formula is C15H25N3O2S. The van der Waals surface area contributed by atoms with Gasteiger partial charge < -0.3 is 19.7 Å². The number of anilines is 2. The minimum Gasteiger partial charge on any atom is -0.444 e. The van der Waals surface area contributed by atoms with E-state index in [0.717, 1.165) is 11.4 Å². The second kappa shape index (κ2) is 7.45. The van der Waals surface area contributed by atoms with Crippen molar-refractivity contribution < 1.29 is 9.53 Å². The van der Waals surface area contributed by atoms with Crippen molar-refractivity contribution in [3.8, 4) is 0 Å². The van der Waals surface area contributed by atoms with Crippen LogP contribution in [0.25, 0.3) is 0 Å². The van der Waals surface area contributed by atoms with Crippen molar-refractivity contribution in [3.63, 3.8) is 0 Å². The Kier molecular flexibility index (Phi) is 6.20. The molecule has 0 saturated carbocycles. The highest BCUT2D eigenvalue weighted by molar-refractivity contribution is 7.99. The number of amides is 1. The van der Waals surface area contributed by atoms with Crippen molar-refractivity contribution in [3.05, 3.63) is 24.3 Å². The van der Waals surface area contributed by atoms with Crippen molar-refractivity contribution in [1.29, 1.82) is 0 Å². The van der Waals surface area contributed by atoms with E-state index in [0.29, 0.717) is 13.1 Å². The Balaban J connectivity index is 2.55. The van der Waals surface area contributed by atoms with Crippen molar-refractivity contribution in [2.24, 2.45) is 0 Å². The first-order valence-corrected chi connectivity index (χ1v) is 8.02. The van der Waals surface area contributed by atoms with Crippen LogP contribution in [-0.2, 0) is 4.74 Å². The summed E-state index contributed by atoms with van der Waals surface area (Å²) in [6.45, 7) is 6.88. The van der Waals surface area contributed by atoms with Gasteiger partial charge in [0, 0.05) is 37.8 Å². The van der Waals surface area contributed by atoms with Gasteiger partial charge in [-0.05, 0) is 45.0 Å². The molecule has 6 heteroatoms. The van der Waals surface area contributed by atoms with E-state index in [1.165, 1.54) is 0 Å². The minimum absolute atomic E-state index is 0.305. The molecule has 0 bridgehead atoms. The summed E-state index contributed by atoms with van der Waals surface area (Å²) >= 11 is 1.61. The Morgan fingerprint density at radius 2 is 1.81 bits per heavy atom. The maximum atomic E-state index is 11.9. The first-order chi connectivity index (χ1) is 9.73. The van der Waals surface area contributed by atoms with Crippen LogP contribution in [0.3, 0.4) is 0 Å². The summed E-state index contributed by atoms with van der Waals surface area (Å²) in [5.74, 6) is 0. The van der Waals surface area contributed by atoms with Crippen LogP contribution in [-0.4, -0.2) is 43.0 Å². The number of ether oxygens (including phenoxy) is 1. The average Bonchev–Trinajstić information content (AvgIpc) is 2.39. The number of carbonyl (C=O) groups excluding carboxylic acids is 1. The summed E-state index contributed by atoms with van der Waals surface area (Å²) in [5, 5.41) is 0. The maximum Gasteiger partial charge on any atom is 0.410 e. The van der Waals surface area contributed by atoms with E-state index in [1.54, 1.807) is 23.9 Å². The lowest BCUT2D eigenvalue weighted by atomic mass is 10.2. The Morgan fingerprint density at radius 3 is 2.29 bits per heavy atom. The lowest BCUT2D eigenvalue weighted by Crippen LogP contribution is -2.38. The second-order valence-electron chi connectivity index (χ2n) is 5.78. The molecule has 0 saturated heterocycles. The van der Waals surface area contributed by atoms with Crippen LogP contribution in [0.5, 0.6) is 0 Å². The van der Waals surface area contributed by atoms with E-state index in [-0.39, 0.29) is 6.09 Å². The molecule has 1 aromatic rings. The lowest BCUT2D eigenvalue weighted by Gasteiger charge is -2.27. The van der Waals surface area contributed by atoms with Crippen LogP contribution < -0.4 is 10.0 Å². The Hall–Kier alpha value is -1.56. The summed E-state index contributed by atoms with van der Waals surface area (Å²) in [6, 6.07) is 7.69. The van der Waals surface area contributed by atoms with Crippen LogP contribution in [0, 0.1) is 0 Å². The quantitative estimate of drug-likeness (QED) is 0.668. The minimum atomic E-state index is -0.471.